The van der Waals surface area contributed by atoms with Crippen molar-refractivity contribution in [3.8, 4) is 0 Å². The van der Waals surface area contributed by atoms with Crippen molar-refractivity contribution in [2.75, 3.05) is 6.54 Å². The van der Waals surface area contributed by atoms with Crippen LogP contribution in [-0.2, 0) is 0 Å². The average Bonchev–Trinajstić information content (AvgIpc) is 2.04. The minimum Gasteiger partial charge on any atom is -0.393 e. The van der Waals surface area contributed by atoms with Crippen molar-refractivity contribution in [1.82, 2.24) is 5.32 Å². The summed E-state index contributed by atoms with van der Waals surface area (Å²) in [6.07, 6.45) is 5.94. The third-order valence-corrected chi connectivity index (χ3v) is 3.12. The van der Waals surface area contributed by atoms with Gasteiger partial charge in [-0.15, -0.1) is 0 Å². The second-order valence-electron chi connectivity index (χ2n) is 3.93. The lowest BCUT2D eigenvalue weighted by molar-refractivity contribution is 0.0711. The number of aliphatic hydroxyl groups excluding tert-OH is 1. The maximum absolute atomic E-state index is 9.41. The molecule has 0 amide bonds. The fraction of sp³-hybridized carbons (Fsp3) is 1.00. The van der Waals surface area contributed by atoms with Gasteiger partial charge in [0.15, 0.2) is 0 Å². The van der Waals surface area contributed by atoms with E-state index < -0.39 is 0 Å². The average molecular weight is 155 g/mol. The van der Waals surface area contributed by atoms with E-state index in [1.165, 1.54) is 19.3 Å². The minimum absolute atomic E-state index is 0.0261. The fourth-order valence-corrected chi connectivity index (χ4v) is 2.46. The van der Waals surface area contributed by atoms with Crippen LogP contribution < -0.4 is 5.32 Å². The lowest BCUT2D eigenvalue weighted by atomic mass is 9.78. The number of nitrogens with one attached hydrogen (secondary N) is 1. The molecule has 0 aromatic carbocycles. The van der Waals surface area contributed by atoms with Crippen LogP contribution in [0, 0.1) is 5.92 Å². The predicted octanol–water partition coefficient (Wildman–Crippen LogP) is 0.899. The molecule has 3 atom stereocenters. The highest BCUT2D eigenvalue weighted by molar-refractivity contribution is 4.87. The third kappa shape index (κ3) is 1.57. The second-order valence-corrected chi connectivity index (χ2v) is 3.93. The number of hydrogen-bond acceptors (Lipinski definition) is 2. The second kappa shape index (κ2) is 3.11. The summed E-state index contributed by atoms with van der Waals surface area (Å²) in [5.74, 6) is 0.868. The molecule has 1 unspecified atom stereocenters. The summed E-state index contributed by atoms with van der Waals surface area (Å²) in [5.41, 5.74) is 0. The molecule has 0 bridgehead atoms. The zero-order chi connectivity index (χ0) is 7.68. The van der Waals surface area contributed by atoms with Crippen LogP contribution in [-0.4, -0.2) is 23.8 Å². The molecular formula is C9H17NO. The van der Waals surface area contributed by atoms with Gasteiger partial charge in [0.1, 0.15) is 0 Å². The Kier molecular flexibility index (Phi) is 2.14. The molecule has 2 N–H and O–H groups in total. The first-order valence-electron chi connectivity index (χ1n) is 4.78. The first-order valence-corrected chi connectivity index (χ1v) is 4.78. The Bertz CT molecular complexity index is 138. The van der Waals surface area contributed by atoms with Crippen LogP contribution in [0.3, 0.4) is 0 Å². The highest BCUT2D eigenvalue weighted by atomic mass is 16.3. The van der Waals surface area contributed by atoms with Crippen LogP contribution in [0.1, 0.15) is 32.1 Å². The first kappa shape index (κ1) is 7.56. The molecular weight excluding hydrogens is 138 g/mol. The SMILES string of the molecule is OC1CC[C@@H]2CCCN[C@H]2C1. The summed E-state index contributed by atoms with van der Waals surface area (Å²) >= 11 is 0. The highest BCUT2D eigenvalue weighted by Gasteiger charge is 2.30. The molecule has 2 rings (SSSR count). The molecule has 1 aliphatic carbocycles. The summed E-state index contributed by atoms with van der Waals surface area (Å²) in [6, 6.07) is 0.632. The molecule has 2 aliphatic rings. The number of rotatable bonds is 0. The molecule has 11 heavy (non-hydrogen) atoms. The lowest BCUT2D eigenvalue weighted by Gasteiger charge is -2.38. The van der Waals surface area contributed by atoms with Gasteiger partial charge in [-0.1, -0.05) is 0 Å². The Labute approximate surface area is 68.0 Å². The summed E-state index contributed by atoms with van der Waals surface area (Å²) in [4.78, 5) is 0. The number of piperidine rings is 1. The number of hydrogen-bond donors (Lipinski definition) is 2. The van der Waals surface area contributed by atoms with E-state index in [0.29, 0.717) is 6.04 Å². The number of fused-ring (bicyclic) bond motifs is 1. The van der Waals surface area contributed by atoms with E-state index in [0.717, 1.165) is 25.3 Å². The Morgan fingerprint density at radius 2 is 2.09 bits per heavy atom. The zero-order valence-corrected chi connectivity index (χ0v) is 6.92. The molecule has 1 saturated heterocycles. The van der Waals surface area contributed by atoms with Gasteiger partial charge < -0.3 is 10.4 Å². The van der Waals surface area contributed by atoms with Crippen molar-refractivity contribution >= 4 is 0 Å². The van der Waals surface area contributed by atoms with E-state index in [1.54, 1.807) is 0 Å². The van der Waals surface area contributed by atoms with Crippen molar-refractivity contribution in [3.63, 3.8) is 0 Å². The molecule has 2 fully saturated rings. The van der Waals surface area contributed by atoms with Gasteiger partial charge in [0, 0.05) is 6.04 Å². The molecule has 1 heterocycles. The maximum Gasteiger partial charge on any atom is 0.0555 e. The van der Waals surface area contributed by atoms with E-state index in [2.05, 4.69) is 5.32 Å². The zero-order valence-electron chi connectivity index (χ0n) is 6.92. The van der Waals surface area contributed by atoms with Crippen LogP contribution in [0.2, 0.25) is 0 Å². The van der Waals surface area contributed by atoms with Crippen molar-refractivity contribution in [2.45, 2.75) is 44.2 Å². The van der Waals surface area contributed by atoms with Crippen LogP contribution >= 0.6 is 0 Å². The maximum atomic E-state index is 9.41. The van der Waals surface area contributed by atoms with Crippen LogP contribution in [0.15, 0.2) is 0 Å². The summed E-state index contributed by atoms with van der Waals surface area (Å²) in [6.45, 7) is 1.16. The Balaban J connectivity index is 1.93. The quantitative estimate of drug-likeness (QED) is 0.544. The Morgan fingerprint density at radius 3 is 3.00 bits per heavy atom. The minimum atomic E-state index is -0.0261. The van der Waals surface area contributed by atoms with E-state index >= 15 is 0 Å². The normalized spacial score (nSPS) is 45.0. The van der Waals surface area contributed by atoms with E-state index in [-0.39, 0.29) is 6.10 Å². The molecule has 0 aromatic rings. The van der Waals surface area contributed by atoms with Gasteiger partial charge in [0.05, 0.1) is 6.10 Å². The van der Waals surface area contributed by atoms with Gasteiger partial charge in [-0.05, 0) is 44.6 Å². The van der Waals surface area contributed by atoms with Gasteiger partial charge in [-0.2, -0.15) is 0 Å². The Morgan fingerprint density at radius 1 is 1.18 bits per heavy atom. The van der Waals surface area contributed by atoms with Gasteiger partial charge >= 0.3 is 0 Å². The monoisotopic (exact) mass is 155 g/mol. The molecule has 0 spiro atoms. The third-order valence-electron chi connectivity index (χ3n) is 3.12. The van der Waals surface area contributed by atoms with Crippen LogP contribution in [0.25, 0.3) is 0 Å². The molecule has 64 valence electrons. The van der Waals surface area contributed by atoms with Crippen molar-refractivity contribution in [1.29, 1.82) is 0 Å². The molecule has 2 nitrogen and oxygen atoms in total. The molecule has 0 aromatic heterocycles. The van der Waals surface area contributed by atoms with Gasteiger partial charge in [-0.25, -0.2) is 0 Å². The van der Waals surface area contributed by atoms with Crippen molar-refractivity contribution in [3.05, 3.63) is 0 Å². The standard InChI is InChI=1S/C9H17NO/c11-8-4-3-7-2-1-5-10-9(7)6-8/h7-11H,1-6H2/t7-,8?,9-/m0/s1. The molecule has 0 radical (unpaired) electrons. The fourth-order valence-electron chi connectivity index (χ4n) is 2.46. The Hall–Kier alpha value is -0.0800. The van der Waals surface area contributed by atoms with Crippen molar-refractivity contribution in [2.24, 2.45) is 5.92 Å². The van der Waals surface area contributed by atoms with Crippen LogP contribution in [0.5, 0.6) is 0 Å². The largest absolute Gasteiger partial charge is 0.393 e. The van der Waals surface area contributed by atoms with E-state index in [4.69, 9.17) is 0 Å². The van der Waals surface area contributed by atoms with E-state index in [1.807, 2.05) is 0 Å². The molecule has 2 heteroatoms. The van der Waals surface area contributed by atoms with Gasteiger partial charge in [0.2, 0.25) is 0 Å². The highest BCUT2D eigenvalue weighted by Crippen LogP contribution is 2.30. The predicted molar refractivity (Wildman–Crippen MR) is 44.4 cm³/mol. The van der Waals surface area contributed by atoms with Gasteiger partial charge in [0.25, 0.3) is 0 Å². The number of aliphatic hydroxyl groups is 1. The molecule has 1 saturated carbocycles. The summed E-state index contributed by atoms with van der Waals surface area (Å²) < 4.78 is 0. The lowest BCUT2D eigenvalue weighted by Crippen LogP contribution is -2.46. The molecule has 1 aliphatic heterocycles. The topological polar surface area (TPSA) is 32.3 Å². The van der Waals surface area contributed by atoms with E-state index in [9.17, 15) is 5.11 Å². The first-order chi connectivity index (χ1) is 5.36. The summed E-state index contributed by atoms with van der Waals surface area (Å²) in [7, 11) is 0. The smallest absolute Gasteiger partial charge is 0.0555 e. The summed E-state index contributed by atoms with van der Waals surface area (Å²) in [5, 5.41) is 12.9. The van der Waals surface area contributed by atoms with Crippen molar-refractivity contribution < 1.29 is 5.11 Å². The van der Waals surface area contributed by atoms with Gasteiger partial charge in [-0.3, -0.25) is 0 Å². The van der Waals surface area contributed by atoms with Crippen LogP contribution in [0.4, 0.5) is 0 Å².